The third-order valence-electron chi connectivity index (χ3n) is 3.09. The zero-order valence-corrected chi connectivity index (χ0v) is 12.5. The number of hydrogen-bond acceptors (Lipinski definition) is 4. The van der Waals surface area contributed by atoms with Crippen LogP contribution in [0.15, 0.2) is 0 Å². The van der Waals surface area contributed by atoms with Gasteiger partial charge in [-0.2, -0.15) is 0 Å². The molecule has 18 heavy (non-hydrogen) atoms. The van der Waals surface area contributed by atoms with Gasteiger partial charge in [0.1, 0.15) is 0 Å². The van der Waals surface area contributed by atoms with Crippen LogP contribution in [0, 0.1) is 5.92 Å². The summed E-state index contributed by atoms with van der Waals surface area (Å²) in [5.41, 5.74) is 0. The lowest BCUT2D eigenvalue weighted by Crippen LogP contribution is -2.44. The summed E-state index contributed by atoms with van der Waals surface area (Å²) < 4.78 is 31.0. The molecule has 1 atom stereocenters. The van der Waals surface area contributed by atoms with Crippen LogP contribution < -0.4 is 5.32 Å². The van der Waals surface area contributed by atoms with Crippen molar-refractivity contribution >= 4 is 10.0 Å². The monoisotopic (exact) mass is 278 g/mol. The Balaban J connectivity index is 2.63. The minimum absolute atomic E-state index is 0.0724. The fourth-order valence-corrected chi connectivity index (χ4v) is 3.75. The second-order valence-corrected chi connectivity index (χ2v) is 7.40. The van der Waals surface area contributed by atoms with Crippen LogP contribution in [-0.4, -0.2) is 57.9 Å². The molecule has 1 aliphatic rings. The van der Waals surface area contributed by atoms with E-state index in [1.807, 2.05) is 13.8 Å². The van der Waals surface area contributed by atoms with Crippen LogP contribution in [0.1, 0.15) is 26.7 Å². The highest BCUT2D eigenvalue weighted by Gasteiger charge is 2.26. The predicted molar refractivity (Wildman–Crippen MR) is 73.1 cm³/mol. The van der Waals surface area contributed by atoms with Gasteiger partial charge in [0, 0.05) is 26.2 Å². The molecule has 6 heteroatoms. The van der Waals surface area contributed by atoms with Crippen LogP contribution in [0.5, 0.6) is 0 Å². The zero-order chi connectivity index (χ0) is 13.6. The minimum atomic E-state index is -3.20. The average molecular weight is 278 g/mol. The Morgan fingerprint density at radius 3 is 2.67 bits per heavy atom. The molecule has 0 saturated carbocycles. The summed E-state index contributed by atoms with van der Waals surface area (Å²) in [7, 11) is -1.67. The minimum Gasteiger partial charge on any atom is -0.384 e. The van der Waals surface area contributed by atoms with Crippen molar-refractivity contribution in [1.82, 2.24) is 9.62 Å². The Hall–Kier alpha value is -0.170. The van der Waals surface area contributed by atoms with E-state index in [1.165, 1.54) is 7.11 Å². The lowest BCUT2D eigenvalue weighted by Gasteiger charge is -2.26. The van der Waals surface area contributed by atoms with Crippen LogP contribution in [0.4, 0.5) is 0 Å². The molecule has 1 aliphatic heterocycles. The predicted octanol–water partition coefficient (Wildman–Crippen LogP) is 0.673. The normalized spacial score (nSPS) is 21.1. The summed E-state index contributed by atoms with van der Waals surface area (Å²) in [6.07, 6.45) is 2.20. The number of methoxy groups -OCH3 is 1. The van der Waals surface area contributed by atoms with Crippen LogP contribution in [0.25, 0.3) is 0 Å². The summed E-state index contributed by atoms with van der Waals surface area (Å²) in [6, 6.07) is 0.307. The molecule has 1 unspecified atom stereocenters. The summed E-state index contributed by atoms with van der Waals surface area (Å²) in [5.74, 6) is 0.409. The number of hydrogen-bond donors (Lipinski definition) is 1. The first-order valence-corrected chi connectivity index (χ1v) is 8.26. The maximum Gasteiger partial charge on any atom is 0.216 e. The van der Waals surface area contributed by atoms with Crippen molar-refractivity contribution in [3.05, 3.63) is 0 Å². The van der Waals surface area contributed by atoms with Gasteiger partial charge in [-0.25, -0.2) is 12.7 Å². The highest BCUT2D eigenvalue weighted by atomic mass is 32.2. The molecule has 1 saturated heterocycles. The fraction of sp³-hybridized carbons (Fsp3) is 1.00. The number of nitrogens with zero attached hydrogens (tertiary/aromatic N) is 1. The lowest BCUT2D eigenvalue weighted by atomic mass is 10.2. The highest BCUT2D eigenvalue weighted by Crippen LogP contribution is 2.12. The van der Waals surface area contributed by atoms with Gasteiger partial charge >= 0.3 is 0 Å². The molecular weight excluding hydrogens is 252 g/mol. The van der Waals surface area contributed by atoms with Gasteiger partial charge in [0.05, 0.1) is 12.4 Å². The van der Waals surface area contributed by atoms with Crippen molar-refractivity contribution in [1.29, 1.82) is 0 Å². The molecule has 1 N–H and O–H groups in total. The Bertz CT molecular complexity index is 324. The van der Waals surface area contributed by atoms with E-state index >= 15 is 0 Å². The maximum absolute atomic E-state index is 12.2. The molecule has 1 heterocycles. The summed E-state index contributed by atoms with van der Waals surface area (Å²) in [5, 5.41) is 3.35. The molecule has 0 spiro atoms. The first-order chi connectivity index (χ1) is 8.45. The molecule has 0 bridgehead atoms. The number of nitrogens with one attached hydrogen (secondary N) is 1. The zero-order valence-electron chi connectivity index (χ0n) is 11.7. The van der Waals surface area contributed by atoms with Gasteiger partial charge in [0.15, 0.2) is 0 Å². The highest BCUT2D eigenvalue weighted by molar-refractivity contribution is 7.89. The Morgan fingerprint density at radius 2 is 2.17 bits per heavy atom. The van der Waals surface area contributed by atoms with E-state index in [1.54, 1.807) is 4.31 Å². The molecule has 108 valence electrons. The van der Waals surface area contributed by atoms with Crippen molar-refractivity contribution in [2.24, 2.45) is 5.92 Å². The Morgan fingerprint density at radius 1 is 1.44 bits per heavy atom. The van der Waals surface area contributed by atoms with Crippen LogP contribution >= 0.6 is 0 Å². The Kier molecular flexibility index (Phi) is 6.55. The smallest absolute Gasteiger partial charge is 0.216 e. The van der Waals surface area contributed by atoms with E-state index < -0.39 is 10.0 Å². The molecule has 5 nitrogen and oxygen atoms in total. The van der Waals surface area contributed by atoms with E-state index in [-0.39, 0.29) is 12.4 Å². The first-order valence-electron chi connectivity index (χ1n) is 6.66. The topological polar surface area (TPSA) is 58.6 Å². The van der Waals surface area contributed by atoms with Gasteiger partial charge in [-0.3, -0.25) is 0 Å². The van der Waals surface area contributed by atoms with Gasteiger partial charge < -0.3 is 10.1 Å². The molecule has 1 fully saturated rings. The van der Waals surface area contributed by atoms with Gasteiger partial charge in [-0.1, -0.05) is 13.8 Å². The van der Waals surface area contributed by atoms with Gasteiger partial charge in [0.2, 0.25) is 10.0 Å². The lowest BCUT2D eigenvalue weighted by molar-refractivity contribution is 0.214. The number of rotatable bonds is 8. The summed E-state index contributed by atoms with van der Waals surface area (Å²) in [4.78, 5) is 0. The molecule has 0 aromatic rings. The molecule has 0 aromatic carbocycles. The van der Waals surface area contributed by atoms with Crippen molar-refractivity contribution in [3.63, 3.8) is 0 Å². The van der Waals surface area contributed by atoms with Crippen molar-refractivity contribution in [2.75, 3.05) is 39.1 Å². The second kappa shape index (κ2) is 7.43. The van der Waals surface area contributed by atoms with Gasteiger partial charge in [0.25, 0.3) is 0 Å². The van der Waals surface area contributed by atoms with E-state index in [2.05, 4.69) is 5.32 Å². The molecule has 0 aliphatic carbocycles. The van der Waals surface area contributed by atoms with Gasteiger partial charge in [-0.15, -0.1) is 0 Å². The third-order valence-corrected chi connectivity index (χ3v) is 4.86. The van der Waals surface area contributed by atoms with E-state index in [4.69, 9.17) is 4.74 Å². The third kappa shape index (κ3) is 5.22. The second-order valence-electron chi connectivity index (χ2n) is 5.31. The summed E-state index contributed by atoms with van der Waals surface area (Å²) in [6.45, 7) is 6.52. The standard InChI is InChI=1S/C12H26N2O3S/c1-11(2)9-14(10-12-5-4-6-13-12)18(15,16)8-7-17-3/h11-13H,4-10H2,1-3H3. The number of ether oxygens (including phenoxy) is 1. The fourth-order valence-electron chi connectivity index (χ4n) is 2.19. The first kappa shape index (κ1) is 15.9. The van der Waals surface area contributed by atoms with Crippen LogP contribution in [0.3, 0.4) is 0 Å². The van der Waals surface area contributed by atoms with E-state index in [0.717, 1.165) is 19.4 Å². The molecular formula is C12H26N2O3S. The number of sulfonamides is 1. The van der Waals surface area contributed by atoms with Crippen LogP contribution in [0.2, 0.25) is 0 Å². The maximum atomic E-state index is 12.2. The van der Waals surface area contributed by atoms with Gasteiger partial charge in [-0.05, 0) is 25.3 Å². The average Bonchev–Trinajstić information content (AvgIpc) is 2.78. The largest absolute Gasteiger partial charge is 0.384 e. The van der Waals surface area contributed by atoms with Crippen LogP contribution in [-0.2, 0) is 14.8 Å². The summed E-state index contributed by atoms with van der Waals surface area (Å²) >= 11 is 0. The SMILES string of the molecule is COCCS(=O)(=O)N(CC(C)C)CC1CCCN1. The van der Waals surface area contributed by atoms with E-state index in [0.29, 0.717) is 25.0 Å². The Labute approximate surface area is 111 Å². The van der Waals surface area contributed by atoms with Crippen molar-refractivity contribution < 1.29 is 13.2 Å². The molecule has 1 rings (SSSR count). The quantitative estimate of drug-likeness (QED) is 0.709. The molecule has 0 radical (unpaired) electrons. The molecule has 0 aromatic heterocycles. The van der Waals surface area contributed by atoms with E-state index in [9.17, 15) is 8.42 Å². The molecule has 0 amide bonds. The van der Waals surface area contributed by atoms with Crippen molar-refractivity contribution in [2.45, 2.75) is 32.7 Å². The van der Waals surface area contributed by atoms with Crippen molar-refractivity contribution in [3.8, 4) is 0 Å².